The quantitative estimate of drug-likeness (QED) is 0.214. The fourth-order valence-electron chi connectivity index (χ4n) is 4.47. The first-order chi connectivity index (χ1) is 18.9. The molecule has 6 heteroatoms. The summed E-state index contributed by atoms with van der Waals surface area (Å²) in [4.78, 5) is 20.6. The minimum absolute atomic E-state index is 0.0326. The monoisotopic (exact) mass is 536 g/mol. The van der Waals surface area contributed by atoms with E-state index < -0.39 is 0 Å². The lowest BCUT2D eigenvalue weighted by molar-refractivity contribution is -0.122. The first-order valence-corrected chi connectivity index (χ1v) is 13.9. The van der Waals surface area contributed by atoms with Gasteiger partial charge in [0.1, 0.15) is 6.61 Å². The predicted octanol–water partition coefficient (Wildman–Crippen LogP) is 8.00. The van der Waals surface area contributed by atoms with E-state index in [1.807, 2.05) is 73.7 Å². The number of aliphatic imine (C=N–C) groups is 1. The Morgan fingerprint density at radius 2 is 1.72 bits per heavy atom. The Morgan fingerprint density at radius 1 is 0.949 bits per heavy atom. The molecule has 1 heterocycles. The number of fused-ring (bicyclic) bond motifs is 1. The lowest BCUT2D eigenvalue weighted by Gasteiger charge is -2.17. The Bertz CT molecular complexity index is 1550. The van der Waals surface area contributed by atoms with Crippen LogP contribution < -0.4 is 9.47 Å². The van der Waals surface area contributed by atoms with E-state index in [1.54, 1.807) is 12.0 Å². The van der Waals surface area contributed by atoms with Gasteiger partial charge in [-0.3, -0.25) is 9.69 Å². The molecule has 4 aromatic carbocycles. The van der Waals surface area contributed by atoms with Gasteiger partial charge in [0.05, 0.1) is 17.7 Å². The van der Waals surface area contributed by atoms with Crippen molar-refractivity contribution in [2.24, 2.45) is 10.9 Å². The fourth-order valence-corrected chi connectivity index (χ4v) is 5.47. The number of benzene rings is 4. The summed E-state index contributed by atoms with van der Waals surface area (Å²) >= 11 is 1.40. The summed E-state index contributed by atoms with van der Waals surface area (Å²) in [7, 11) is 1.63. The van der Waals surface area contributed by atoms with Crippen LogP contribution in [0.5, 0.6) is 11.5 Å². The minimum Gasteiger partial charge on any atom is -0.493 e. The maximum Gasteiger partial charge on any atom is 0.266 e. The van der Waals surface area contributed by atoms with Gasteiger partial charge < -0.3 is 9.47 Å². The lowest BCUT2D eigenvalue weighted by atomic mass is 10.1. The highest BCUT2D eigenvalue weighted by Gasteiger charge is 2.33. The van der Waals surface area contributed by atoms with Crippen molar-refractivity contribution in [1.82, 2.24) is 4.90 Å². The maximum absolute atomic E-state index is 13.4. The van der Waals surface area contributed by atoms with Gasteiger partial charge >= 0.3 is 0 Å². The smallest absolute Gasteiger partial charge is 0.266 e. The van der Waals surface area contributed by atoms with Crippen LogP contribution in [-0.4, -0.2) is 29.6 Å². The predicted molar refractivity (Wildman–Crippen MR) is 162 cm³/mol. The van der Waals surface area contributed by atoms with Crippen LogP contribution >= 0.6 is 11.8 Å². The summed E-state index contributed by atoms with van der Waals surface area (Å²) in [5.41, 5.74) is 3.98. The molecule has 0 spiro atoms. The number of methoxy groups -OCH3 is 1. The molecule has 1 fully saturated rings. The van der Waals surface area contributed by atoms with Gasteiger partial charge in [0.15, 0.2) is 16.7 Å². The van der Waals surface area contributed by atoms with Gasteiger partial charge in [-0.25, -0.2) is 4.99 Å². The molecule has 0 N–H and O–H groups in total. The van der Waals surface area contributed by atoms with Crippen LogP contribution in [0, 0.1) is 12.8 Å². The highest BCUT2D eigenvalue weighted by Crippen LogP contribution is 2.36. The largest absolute Gasteiger partial charge is 0.493 e. The number of amides is 1. The third-order valence-electron chi connectivity index (χ3n) is 6.44. The average molecular weight is 537 g/mol. The van der Waals surface area contributed by atoms with Crippen LogP contribution in [0.25, 0.3) is 16.8 Å². The number of aryl methyl sites for hydroxylation is 1. The van der Waals surface area contributed by atoms with E-state index >= 15 is 0 Å². The second-order valence-corrected chi connectivity index (χ2v) is 11.0. The van der Waals surface area contributed by atoms with Crippen LogP contribution in [0.4, 0.5) is 5.69 Å². The van der Waals surface area contributed by atoms with Crippen molar-refractivity contribution in [2.45, 2.75) is 27.4 Å². The number of rotatable bonds is 8. The van der Waals surface area contributed by atoms with Crippen molar-refractivity contribution in [2.75, 3.05) is 13.7 Å². The molecular formula is C33H32N2O3S. The number of carbonyl (C=O) groups is 1. The number of amidine groups is 1. The summed E-state index contributed by atoms with van der Waals surface area (Å²) in [6.45, 7) is 7.29. The molecule has 0 radical (unpaired) electrons. The number of hydrogen-bond acceptors (Lipinski definition) is 5. The zero-order valence-corrected chi connectivity index (χ0v) is 23.5. The normalized spacial score (nSPS) is 15.6. The lowest BCUT2D eigenvalue weighted by Crippen LogP contribution is -2.32. The molecule has 5 nitrogen and oxygen atoms in total. The van der Waals surface area contributed by atoms with Gasteiger partial charge in [-0.2, -0.15) is 0 Å². The van der Waals surface area contributed by atoms with Crippen molar-refractivity contribution >= 4 is 45.4 Å². The number of ether oxygens (including phenoxy) is 2. The van der Waals surface area contributed by atoms with Crippen LogP contribution in [0.1, 0.15) is 30.5 Å². The fraction of sp³-hybridized carbons (Fsp3) is 0.212. The second-order valence-electron chi connectivity index (χ2n) is 9.99. The van der Waals surface area contributed by atoms with Crippen molar-refractivity contribution < 1.29 is 14.3 Å². The molecule has 1 aliphatic rings. The second kappa shape index (κ2) is 11.8. The minimum atomic E-state index is -0.0326. The number of thioether (sulfide) groups is 1. The molecule has 0 bridgehead atoms. The zero-order valence-electron chi connectivity index (χ0n) is 22.7. The van der Waals surface area contributed by atoms with Gasteiger partial charge in [0.2, 0.25) is 0 Å². The van der Waals surface area contributed by atoms with Crippen LogP contribution in [0.2, 0.25) is 0 Å². The maximum atomic E-state index is 13.4. The van der Waals surface area contributed by atoms with Gasteiger partial charge in [0, 0.05) is 6.54 Å². The molecule has 5 rings (SSSR count). The number of nitrogens with zero attached hydrogens (tertiary/aromatic N) is 2. The first kappa shape index (κ1) is 26.6. The summed E-state index contributed by atoms with van der Waals surface area (Å²) in [5, 5.41) is 3.06. The van der Waals surface area contributed by atoms with Crippen molar-refractivity contribution in [3.63, 3.8) is 0 Å². The van der Waals surface area contributed by atoms with Crippen molar-refractivity contribution in [3.05, 3.63) is 107 Å². The molecule has 1 amide bonds. The summed E-state index contributed by atoms with van der Waals surface area (Å²) in [6.07, 6.45) is 1.90. The van der Waals surface area contributed by atoms with E-state index in [-0.39, 0.29) is 5.91 Å². The van der Waals surface area contributed by atoms with Crippen LogP contribution in [0.3, 0.4) is 0 Å². The van der Waals surface area contributed by atoms with E-state index in [0.29, 0.717) is 40.6 Å². The standard InChI is InChI=1S/C33H32N2O3S/c1-22(2)20-35-32(36)31(39-33(35)34-27-15-12-23(3)13-16-27)19-24-14-17-29(30(18-24)37-4)38-21-26-10-7-9-25-8-5-6-11-28(25)26/h5-19,22H,20-21H2,1-4H3/b31-19+,34-33?. The molecule has 0 atom stereocenters. The molecule has 1 aliphatic heterocycles. The van der Waals surface area contributed by atoms with Crippen molar-refractivity contribution in [3.8, 4) is 11.5 Å². The molecule has 39 heavy (non-hydrogen) atoms. The molecule has 198 valence electrons. The van der Waals surface area contributed by atoms with Gasteiger partial charge in [-0.05, 0) is 76.8 Å². The summed E-state index contributed by atoms with van der Waals surface area (Å²) in [5.74, 6) is 1.55. The SMILES string of the molecule is COc1cc(/C=C2/SC(=Nc3ccc(C)cc3)N(CC(C)C)C2=O)ccc1OCc1cccc2ccccc12. The topological polar surface area (TPSA) is 51.1 Å². The third kappa shape index (κ3) is 6.18. The van der Waals surface area contributed by atoms with Crippen LogP contribution in [0.15, 0.2) is 94.8 Å². The zero-order chi connectivity index (χ0) is 27.4. The molecule has 4 aromatic rings. The molecule has 0 saturated carbocycles. The highest BCUT2D eigenvalue weighted by atomic mass is 32.2. The van der Waals surface area contributed by atoms with Crippen LogP contribution in [-0.2, 0) is 11.4 Å². The molecule has 0 aromatic heterocycles. The number of hydrogen-bond donors (Lipinski definition) is 0. The van der Waals surface area contributed by atoms with E-state index in [9.17, 15) is 4.79 Å². The van der Waals surface area contributed by atoms with E-state index in [2.05, 4.69) is 38.1 Å². The molecule has 0 unspecified atom stereocenters. The molecule has 0 aliphatic carbocycles. The Kier molecular flexibility index (Phi) is 8.03. The molecule has 1 saturated heterocycles. The van der Waals surface area contributed by atoms with E-state index in [1.165, 1.54) is 28.1 Å². The Hall–Kier alpha value is -4.03. The van der Waals surface area contributed by atoms with Gasteiger partial charge in [0.25, 0.3) is 5.91 Å². The van der Waals surface area contributed by atoms with E-state index in [0.717, 1.165) is 16.8 Å². The third-order valence-corrected chi connectivity index (χ3v) is 7.45. The Labute approximate surface area is 234 Å². The summed E-state index contributed by atoms with van der Waals surface area (Å²) in [6, 6.07) is 28.3. The van der Waals surface area contributed by atoms with Gasteiger partial charge in [-0.1, -0.05) is 80.1 Å². The number of carbonyl (C=O) groups excluding carboxylic acids is 1. The highest BCUT2D eigenvalue weighted by molar-refractivity contribution is 8.18. The summed E-state index contributed by atoms with van der Waals surface area (Å²) < 4.78 is 11.8. The first-order valence-electron chi connectivity index (χ1n) is 13.1. The van der Waals surface area contributed by atoms with E-state index in [4.69, 9.17) is 14.5 Å². The van der Waals surface area contributed by atoms with Crippen molar-refractivity contribution in [1.29, 1.82) is 0 Å². The Morgan fingerprint density at radius 3 is 2.49 bits per heavy atom. The average Bonchev–Trinajstić information content (AvgIpc) is 3.21. The van der Waals surface area contributed by atoms with Gasteiger partial charge in [-0.15, -0.1) is 0 Å². The molecular weight excluding hydrogens is 504 g/mol. The Balaban J connectivity index is 1.38.